The van der Waals surface area contributed by atoms with Gasteiger partial charge in [-0.2, -0.15) is 0 Å². The third-order valence-electron chi connectivity index (χ3n) is 2.48. The lowest BCUT2D eigenvalue weighted by Crippen LogP contribution is -2.33. The van der Waals surface area contributed by atoms with E-state index in [0.717, 1.165) is 11.1 Å². The van der Waals surface area contributed by atoms with Crippen molar-refractivity contribution in [3.63, 3.8) is 0 Å². The van der Waals surface area contributed by atoms with Gasteiger partial charge in [0.1, 0.15) is 5.75 Å². The Labute approximate surface area is 95.8 Å². The third-order valence-corrected chi connectivity index (χ3v) is 2.48. The maximum Gasteiger partial charge on any atom is 0.260 e. The molecule has 1 aromatic carbocycles. The van der Waals surface area contributed by atoms with Gasteiger partial charge in [0, 0.05) is 18.8 Å². The molecule has 0 saturated carbocycles. The number of hydrogen-bond acceptors (Lipinski definition) is 3. The Morgan fingerprint density at radius 2 is 2.00 bits per heavy atom. The van der Waals surface area contributed by atoms with Gasteiger partial charge in [-0.3, -0.25) is 4.79 Å². The van der Waals surface area contributed by atoms with E-state index < -0.39 is 6.10 Å². The molecule has 1 aromatic rings. The van der Waals surface area contributed by atoms with Crippen LogP contribution in [0, 0.1) is 13.8 Å². The van der Waals surface area contributed by atoms with E-state index >= 15 is 0 Å². The number of anilines is 1. The first-order valence-corrected chi connectivity index (χ1v) is 5.20. The molecule has 1 unspecified atom stereocenters. The molecular weight excluding hydrogens is 204 g/mol. The molecule has 16 heavy (non-hydrogen) atoms. The van der Waals surface area contributed by atoms with Crippen molar-refractivity contribution in [2.75, 3.05) is 12.8 Å². The summed E-state index contributed by atoms with van der Waals surface area (Å²) in [7, 11) is 1.58. The number of amides is 1. The van der Waals surface area contributed by atoms with Crippen LogP contribution in [-0.4, -0.2) is 19.1 Å². The van der Waals surface area contributed by atoms with E-state index in [1.54, 1.807) is 20.0 Å². The molecule has 4 heteroatoms. The van der Waals surface area contributed by atoms with Crippen molar-refractivity contribution in [3.05, 3.63) is 23.3 Å². The van der Waals surface area contributed by atoms with Crippen molar-refractivity contribution >= 4 is 11.6 Å². The van der Waals surface area contributed by atoms with Crippen molar-refractivity contribution in [3.8, 4) is 5.75 Å². The number of ether oxygens (including phenoxy) is 1. The maximum atomic E-state index is 11.3. The summed E-state index contributed by atoms with van der Waals surface area (Å²) in [6.45, 7) is 5.57. The highest BCUT2D eigenvalue weighted by atomic mass is 16.5. The van der Waals surface area contributed by atoms with Crippen LogP contribution in [0.1, 0.15) is 18.1 Å². The largest absolute Gasteiger partial charge is 0.481 e. The summed E-state index contributed by atoms with van der Waals surface area (Å²) in [5.41, 5.74) is 8.45. The molecule has 0 bridgehead atoms. The van der Waals surface area contributed by atoms with Crippen molar-refractivity contribution in [1.82, 2.24) is 5.32 Å². The van der Waals surface area contributed by atoms with Crippen molar-refractivity contribution in [2.45, 2.75) is 26.9 Å². The van der Waals surface area contributed by atoms with Crippen molar-refractivity contribution in [2.24, 2.45) is 0 Å². The van der Waals surface area contributed by atoms with Crippen LogP contribution in [0.5, 0.6) is 5.75 Å². The number of nitrogen functional groups attached to an aromatic ring is 1. The van der Waals surface area contributed by atoms with Gasteiger partial charge in [-0.15, -0.1) is 0 Å². The number of likely N-dealkylation sites (N-methyl/N-ethyl adjacent to an activating group) is 1. The van der Waals surface area contributed by atoms with E-state index in [9.17, 15) is 4.79 Å². The molecule has 0 aromatic heterocycles. The van der Waals surface area contributed by atoms with Gasteiger partial charge in [0.2, 0.25) is 0 Å². The van der Waals surface area contributed by atoms with Crippen LogP contribution < -0.4 is 15.8 Å². The summed E-state index contributed by atoms with van der Waals surface area (Å²) < 4.78 is 5.54. The Balaban J connectivity index is 2.89. The van der Waals surface area contributed by atoms with Crippen molar-refractivity contribution < 1.29 is 9.53 Å². The summed E-state index contributed by atoms with van der Waals surface area (Å²) in [6.07, 6.45) is -0.522. The number of hydrogen-bond donors (Lipinski definition) is 2. The van der Waals surface area contributed by atoms with E-state index in [4.69, 9.17) is 10.5 Å². The lowest BCUT2D eigenvalue weighted by Gasteiger charge is -2.16. The first-order valence-electron chi connectivity index (χ1n) is 5.20. The molecule has 0 radical (unpaired) electrons. The molecule has 0 aliphatic rings. The van der Waals surface area contributed by atoms with Crippen LogP contribution in [-0.2, 0) is 4.79 Å². The van der Waals surface area contributed by atoms with Gasteiger partial charge in [-0.25, -0.2) is 0 Å². The maximum absolute atomic E-state index is 11.3. The molecule has 0 aliphatic carbocycles. The summed E-state index contributed by atoms with van der Waals surface area (Å²) in [4.78, 5) is 11.3. The van der Waals surface area contributed by atoms with Gasteiger partial charge in [-0.1, -0.05) is 6.07 Å². The van der Waals surface area contributed by atoms with E-state index in [1.807, 2.05) is 19.9 Å². The molecule has 0 aliphatic heterocycles. The minimum absolute atomic E-state index is 0.154. The van der Waals surface area contributed by atoms with E-state index in [0.29, 0.717) is 11.4 Å². The molecule has 0 fully saturated rings. The standard InChI is InChI=1S/C12H18N2O2/c1-7-5-8(2)11(6-10(7)13)16-9(3)12(15)14-4/h5-6,9H,13H2,1-4H3,(H,14,15). The highest BCUT2D eigenvalue weighted by Gasteiger charge is 2.14. The van der Waals surface area contributed by atoms with Gasteiger partial charge in [-0.05, 0) is 31.9 Å². The Bertz CT molecular complexity index is 402. The molecule has 1 amide bonds. The number of benzene rings is 1. The van der Waals surface area contributed by atoms with Gasteiger partial charge < -0.3 is 15.8 Å². The predicted molar refractivity (Wildman–Crippen MR) is 64.5 cm³/mol. The minimum atomic E-state index is -0.522. The van der Waals surface area contributed by atoms with E-state index in [2.05, 4.69) is 5.32 Å². The smallest absolute Gasteiger partial charge is 0.260 e. The average molecular weight is 222 g/mol. The summed E-state index contributed by atoms with van der Waals surface area (Å²) in [5.74, 6) is 0.498. The van der Waals surface area contributed by atoms with Crippen LogP contribution in [0.4, 0.5) is 5.69 Å². The summed E-state index contributed by atoms with van der Waals surface area (Å²) in [6, 6.07) is 3.70. The molecule has 88 valence electrons. The zero-order chi connectivity index (χ0) is 12.3. The lowest BCUT2D eigenvalue weighted by molar-refractivity contribution is -0.126. The highest BCUT2D eigenvalue weighted by molar-refractivity contribution is 5.80. The summed E-state index contributed by atoms with van der Waals surface area (Å²) >= 11 is 0. The average Bonchev–Trinajstić information content (AvgIpc) is 2.24. The minimum Gasteiger partial charge on any atom is -0.481 e. The topological polar surface area (TPSA) is 64.3 Å². The molecule has 1 atom stereocenters. The van der Waals surface area contributed by atoms with E-state index in [-0.39, 0.29) is 5.91 Å². The SMILES string of the molecule is CNC(=O)C(C)Oc1cc(N)c(C)cc1C. The number of nitrogens with one attached hydrogen (secondary N) is 1. The molecule has 0 spiro atoms. The zero-order valence-electron chi connectivity index (χ0n) is 10.1. The molecule has 3 N–H and O–H groups in total. The fourth-order valence-corrected chi connectivity index (χ4v) is 1.42. The monoisotopic (exact) mass is 222 g/mol. The van der Waals surface area contributed by atoms with Gasteiger partial charge >= 0.3 is 0 Å². The van der Waals surface area contributed by atoms with Crippen LogP contribution in [0.15, 0.2) is 12.1 Å². The fourth-order valence-electron chi connectivity index (χ4n) is 1.42. The second-order valence-corrected chi connectivity index (χ2v) is 3.85. The second kappa shape index (κ2) is 4.88. The number of carbonyl (C=O) groups is 1. The van der Waals surface area contributed by atoms with Gasteiger partial charge in [0.05, 0.1) is 0 Å². The number of rotatable bonds is 3. The van der Waals surface area contributed by atoms with Gasteiger partial charge in [0.15, 0.2) is 6.10 Å². The first kappa shape index (κ1) is 12.4. The molecule has 4 nitrogen and oxygen atoms in total. The second-order valence-electron chi connectivity index (χ2n) is 3.85. The third kappa shape index (κ3) is 2.66. The van der Waals surface area contributed by atoms with Crippen LogP contribution in [0.3, 0.4) is 0 Å². The lowest BCUT2D eigenvalue weighted by atomic mass is 10.1. The van der Waals surface area contributed by atoms with Crippen LogP contribution in [0.2, 0.25) is 0 Å². The Morgan fingerprint density at radius 3 is 2.56 bits per heavy atom. The molecule has 0 saturated heterocycles. The van der Waals surface area contributed by atoms with Crippen molar-refractivity contribution in [1.29, 1.82) is 0 Å². The Morgan fingerprint density at radius 1 is 1.38 bits per heavy atom. The summed E-state index contributed by atoms with van der Waals surface area (Å²) in [5, 5.41) is 2.54. The molecule has 1 rings (SSSR count). The van der Waals surface area contributed by atoms with E-state index in [1.165, 1.54) is 0 Å². The van der Waals surface area contributed by atoms with Crippen LogP contribution >= 0.6 is 0 Å². The fraction of sp³-hybridized carbons (Fsp3) is 0.417. The predicted octanol–water partition coefficient (Wildman–Crippen LogP) is 1.40. The van der Waals surface area contributed by atoms with Crippen LogP contribution in [0.25, 0.3) is 0 Å². The Hall–Kier alpha value is -1.71. The van der Waals surface area contributed by atoms with Gasteiger partial charge in [0.25, 0.3) is 5.91 Å². The zero-order valence-corrected chi connectivity index (χ0v) is 10.1. The molecule has 0 heterocycles. The first-order chi connectivity index (χ1) is 7.45. The number of carbonyl (C=O) groups excluding carboxylic acids is 1. The normalized spacial score (nSPS) is 12.0. The number of aryl methyl sites for hydroxylation is 2. The Kier molecular flexibility index (Phi) is 3.77. The molecular formula is C12H18N2O2. The quantitative estimate of drug-likeness (QED) is 0.760. The number of nitrogens with two attached hydrogens (primary N) is 1. The highest BCUT2D eigenvalue weighted by Crippen LogP contribution is 2.25.